The molecular weight excluding hydrogens is 1610 g/mol. The van der Waals surface area contributed by atoms with Crippen LogP contribution in [-0.2, 0) is 33.3 Å². The lowest BCUT2D eigenvalue weighted by molar-refractivity contribution is -0.115. The van der Waals surface area contributed by atoms with Crippen LogP contribution in [0.5, 0.6) is 0 Å². The lowest BCUT2D eigenvalue weighted by Gasteiger charge is -2.20. The fraction of sp³-hybridized carbons (Fsp3) is 0.597. The summed E-state index contributed by atoms with van der Waals surface area (Å²) in [5.74, 6) is -0.0546. The number of hydrogen-bond acceptors (Lipinski definition) is 27. The second kappa shape index (κ2) is 40.2. The maximum Gasteiger partial charge on any atom is 0.351 e. The van der Waals surface area contributed by atoms with Crippen LogP contribution in [0.4, 0.5) is 29.1 Å². The number of aliphatic hydroxyl groups excluding tert-OH is 7. The summed E-state index contributed by atoms with van der Waals surface area (Å²) in [6.07, 6.45) is 26.2. The highest BCUT2D eigenvalue weighted by atomic mass is 79.9. The van der Waals surface area contributed by atoms with Gasteiger partial charge in [0.1, 0.15) is 71.9 Å². The second-order valence-electron chi connectivity index (χ2n) is 32.1. The number of nitrogens with two attached hydrogens (primary N) is 3. The number of hydrogen-bond donors (Lipinski definition) is 12. The molecule has 0 saturated carbocycles. The van der Waals surface area contributed by atoms with Crippen molar-refractivity contribution in [2.24, 2.45) is 5.92 Å². The molecule has 19 atom stereocenters. The number of nitrogens with zero attached hydrogens (tertiary/aromatic N) is 10. The van der Waals surface area contributed by atoms with Crippen molar-refractivity contribution in [3.63, 3.8) is 0 Å². The molecule has 40 heteroatoms. The number of rotatable bonds is 23. The van der Waals surface area contributed by atoms with Gasteiger partial charge < -0.3 is 87.3 Å². The second-order valence-corrected chi connectivity index (χ2v) is 54.7. The van der Waals surface area contributed by atoms with Crippen molar-refractivity contribution in [2.45, 2.75) is 162 Å². The summed E-state index contributed by atoms with van der Waals surface area (Å²) in [7, 11) is 1.47. The Labute approximate surface area is 661 Å². The van der Waals surface area contributed by atoms with E-state index >= 15 is 0 Å². The molecule has 1 aliphatic carbocycles. The van der Waals surface area contributed by atoms with E-state index in [1.807, 2.05) is 6.92 Å². The smallest absolute Gasteiger partial charge is 0.351 e. The van der Waals surface area contributed by atoms with Gasteiger partial charge >= 0.3 is 28.4 Å². The molecule has 5 aliphatic rings. The Balaban J connectivity index is 0.000000219. The molecule has 0 radical (unpaired) electrons. The third-order valence-electron chi connectivity index (χ3n) is 18.7. The number of aliphatic hydroxyl groups is 7. The molecule has 0 bridgehead atoms. The van der Waals surface area contributed by atoms with Crippen molar-refractivity contribution >= 4 is 123 Å². The maximum atomic E-state index is 12.3. The molecule has 0 unspecified atom stereocenters. The van der Waals surface area contributed by atoms with Gasteiger partial charge in [-0.05, 0) is 165 Å². The lowest BCUT2D eigenvalue weighted by atomic mass is 10.0. The van der Waals surface area contributed by atoms with E-state index in [1.165, 1.54) is 88.3 Å². The summed E-state index contributed by atoms with van der Waals surface area (Å²) in [4.78, 5) is 100. The zero-order valence-electron chi connectivity index (χ0n) is 66.3. The first kappa shape index (κ1) is 94.8. The summed E-state index contributed by atoms with van der Waals surface area (Å²) in [6.45, 7) is 19.7. The Morgan fingerprint density at radius 1 is 0.464 bits per heavy atom. The van der Waals surface area contributed by atoms with Crippen molar-refractivity contribution in [1.29, 1.82) is 0 Å². The number of nitrogens with one attached hydrogen (secondary N) is 2. The van der Waals surface area contributed by atoms with Gasteiger partial charge in [0.15, 0.2) is 18.7 Å². The molecule has 0 aromatic carbocycles. The van der Waals surface area contributed by atoms with Crippen LogP contribution >= 0.6 is 50.4 Å². The molecule has 10 rings (SSSR count). The fourth-order valence-corrected chi connectivity index (χ4v) is 17.9. The monoisotopic (exact) mass is 1730 g/mol. The van der Waals surface area contributed by atoms with Gasteiger partial charge in [0.2, 0.25) is 11.8 Å². The molecule has 34 nitrogen and oxygen atoms in total. The van der Waals surface area contributed by atoms with Crippen molar-refractivity contribution in [2.75, 3.05) is 132 Å². The van der Waals surface area contributed by atoms with Crippen LogP contribution in [0.1, 0.15) is 83.8 Å². The minimum absolute atomic E-state index is 0.122. The number of alkyl halides is 1. The highest BCUT2D eigenvalue weighted by Crippen LogP contribution is 2.45. The van der Waals surface area contributed by atoms with Gasteiger partial charge in [-0.25, -0.2) is 24.0 Å². The standard InChI is InChI=1S/C16H26N3O5P.C15H24N3O5P.C14H24N3O3P.C14H22N3O3P.C13H21BrN3O3P/c1-10(20)17-12-6-8-19(16(22)18-12)15-14(23-2)13(21)11(24-15)7-9-25(3,4)5;1-9(19)16-11-5-7-18(15(22)17-11)14-13(21)12(20)10(23-14)6-8-24(2,3)4;1-9-12(18)10(6-8-21(2,3)4)20-13(9)17-7-5-11(15)16-14(17)19;1-21(2,3)7-5-9-8-10(13(19)12(9)18)17-6-4-11(15)16-14(17)20;1-21(2,3)7-5-8-11(18)10(14)12(20-8)17-6-4-9(15)16-13(17)19/h6,8,11,13-15,21H,3,7,9H2,1-2,4-5H3,(H,17,18,20,22);5,7,10,12-14,20-21H,2,6,8H2,1,3-4H3,(H,16,17,19,22);5,7,9-10,12-13,18H,2,6,8H2,1,3-4H3,(H2,15,16,19);4,6,8,10,12-13,18-19H,1,5,7H2,2-3H3,(H2,15,16,20);4,6,8,10-12,18H,1,5,7H2,2-3H3,(H2,15,16,19)/t11-,13-,14-,15-;10-,12-,13-,14-;9-,10-,12+,13-;10-,12-,13+;8-,10-,11-,12-/m11111/s1. The van der Waals surface area contributed by atoms with E-state index in [1.54, 1.807) is 18.3 Å². The first-order chi connectivity index (χ1) is 51.8. The summed E-state index contributed by atoms with van der Waals surface area (Å²) < 4.78 is 35.2. The highest BCUT2D eigenvalue weighted by molar-refractivity contribution is 9.09. The normalized spacial score (nSPS) is 27.8. The Bertz CT molecular complexity index is 4560. The van der Waals surface area contributed by atoms with E-state index in [0.717, 1.165) is 53.8 Å². The van der Waals surface area contributed by atoms with Gasteiger partial charge in [-0.1, -0.05) is 28.9 Å². The maximum absolute atomic E-state index is 12.3. The third kappa shape index (κ3) is 27.9. The van der Waals surface area contributed by atoms with Crippen LogP contribution in [0.3, 0.4) is 0 Å². The molecule has 626 valence electrons. The Morgan fingerprint density at radius 2 is 0.795 bits per heavy atom. The van der Waals surface area contributed by atoms with E-state index in [2.05, 4.69) is 150 Å². The van der Waals surface area contributed by atoms with Crippen LogP contribution in [0.15, 0.2) is 96.9 Å². The minimum Gasteiger partial charge on any atom is -0.390 e. The third-order valence-corrected chi connectivity index (χ3v) is 27.0. The summed E-state index contributed by atoms with van der Waals surface area (Å²) in [5, 5.41) is 76.7. The van der Waals surface area contributed by atoms with E-state index in [0.29, 0.717) is 19.3 Å². The molecule has 4 fully saturated rings. The van der Waals surface area contributed by atoms with Crippen molar-refractivity contribution < 1.29 is 69.0 Å². The van der Waals surface area contributed by atoms with Crippen LogP contribution < -0.4 is 56.3 Å². The average Bonchev–Trinajstić information content (AvgIpc) is 1.64. The van der Waals surface area contributed by atoms with Gasteiger partial charge in [0.25, 0.3) is 0 Å². The van der Waals surface area contributed by atoms with Gasteiger partial charge in [0, 0.05) is 57.9 Å². The van der Waals surface area contributed by atoms with E-state index < -0.39 is 155 Å². The zero-order valence-corrected chi connectivity index (χ0v) is 72.3. The molecular formula is C72H117BrN15O19P5. The number of nitrogen functional groups attached to an aromatic ring is 3. The Kier molecular flexibility index (Phi) is 34.1. The van der Waals surface area contributed by atoms with E-state index in [9.17, 15) is 69.3 Å². The Morgan fingerprint density at radius 3 is 1.19 bits per heavy atom. The largest absolute Gasteiger partial charge is 0.390 e. The van der Waals surface area contributed by atoms with Gasteiger partial charge in [-0.3, -0.25) is 32.4 Å². The summed E-state index contributed by atoms with van der Waals surface area (Å²) in [6, 6.07) is 6.92. The number of carbonyl (C=O) groups excluding carboxylic acids is 2. The predicted octanol–water partition coefficient (Wildman–Crippen LogP) is 2.39. The topological polar surface area (TPSA) is 498 Å². The zero-order chi connectivity index (χ0) is 84.2. The molecule has 4 saturated heterocycles. The number of methoxy groups -OCH3 is 1. The average molecular weight is 1730 g/mol. The van der Waals surface area contributed by atoms with Crippen LogP contribution in [0, 0.1) is 5.92 Å². The molecule has 9 heterocycles. The number of carbonyl (C=O) groups is 2. The molecule has 4 aliphatic heterocycles. The van der Waals surface area contributed by atoms with Gasteiger partial charge in [-0.15, -0.1) is 65.9 Å². The summed E-state index contributed by atoms with van der Waals surface area (Å²) >= 11 is 3.42. The van der Waals surface area contributed by atoms with Crippen LogP contribution in [0.2, 0.25) is 0 Å². The molecule has 0 spiro atoms. The van der Waals surface area contributed by atoms with Crippen molar-refractivity contribution in [1.82, 2.24) is 47.8 Å². The summed E-state index contributed by atoms with van der Waals surface area (Å²) in [5.41, 5.74) is 14.5. The number of halogens is 1. The van der Waals surface area contributed by atoms with Crippen LogP contribution in [0.25, 0.3) is 0 Å². The molecule has 112 heavy (non-hydrogen) atoms. The van der Waals surface area contributed by atoms with E-state index in [4.69, 9.17) is 40.9 Å². The SMILES string of the molecule is C=P(C)(C)CCC1=C[C@@H](n2ccc(N)nc2=O)[C@H](O)[C@@H]1O.C=P(C)(C)CC[C@H]1O[C@@H](n2ccc(N)nc2=O)[C@H](Br)[C@@H]1O.C=P(C)(C)CC[C@H]1O[C@@H](n2ccc(N)nc2=O)[C@H](C)[C@@H]1O.C=P(C)(C)CC[C@H]1O[C@@H](n2ccc(NC(C)=O)nc2=O)[C@H](O)[C@@H]1O.C=P(C)(C)CC[C@H]1O[C@@H](n2ccc(NC(C)=O)nc2=O)[C@H](OC)[C@@H]1O. The van der Waals surface area contributed by atoms with Crippen molar-refractivity contribution in [3.05, 3.63) is 125 Å². The van der Waals surface area contributed by atoms with Gasteiger partial charge in [0.05, 0.1) is 47.5 Å². The number of aromatic nitrogens is 10. The minimum atomic E-state index is -1.28. The predicted molar refractivity (Wildman–Crippen MR) is 459 cm³/mol. The number of amides is 2. The molecule has 5 aromatic heterocycles. The number of anilines is 5. The van der Waals surface area contributed by atoms with E-state index in [-0.39, 0.29) is 63.9 Å². The highest BCUT2D eigenvalue weighted by Gasteiger charge is 2.48. The fourth-order valence-electron chi connectivity index (χ4n) is 12.5. The molecule has 5 aromatic rings. The van der Waals surface area contributed by atoms with Crippen LogP contribution in [-0.4, -0.2) is 309 Å². The van der Waals surface area contributed by atoms with Crippen molar-refractivity contribution in [3.8, 4) is 0 Å². The molecule has 2 amide bonds. The lowest BCUT2D eigenvalue weighted by Crippen LogP contribution is -2.37. The molecule has 15 N–H and O–H groups in total. The Hall–Kier alpha value is -6.02. The quantitative estimate of drug-likeness (QED) is 0.0254. The number of ether oxygens (including phenoxy) is 5. The first-order valence-corrected chi connectivity index (χ1v) is 52.4. The first-order valence-electron chi connectivity index (χ1n) is 36.2. The van der Waals surface area contributed by atoms with Gasteiger partial charge in [-0.2, -0.15) is 24.9 Å².